The van der Waals surface area contributed by atoms with Crippen LogP contribution in [0, 0.1) is 0 Å². The second kappa shape index (κ2) is 11.0. The van der Waals surface area contributed by atoms with Crippen LogP contribution in [-0.2, 0) is 26.1 Å². The lowest BCUT2D eigenvalue weighted by Crippen LogP contribution is -2.40. The Morgan fingerprint density at radius 2 is 1.92 bits per heavy atom. The van der Waals surface area contributed by atoms with E-state index in [1.807, 2.05) is 6.92 Å². The Hall–Kier alpha value is -3.87. The quantitative estimate of drug-likeness (QED) is 0.218. The maximum Gasteiger partial charge on any atom is 0.419 e. The molecular weight excluding hydrogens is 510 g/mol. The third-order valence-electron chi connectivity index (χ3n) is 5.61. The molecule has 37 heavy (non-hydrogen) atoms. The third kappa shape index (κ3) is 5.93. The van der Waals surface area contributed by atoms with E-state index in [9.17, 15) is 18.4 Å². The molecule has 3 heterocycles. The first-order valence-electron chi connectivity index (χ1n) is 11.7. The summed E-state index contributed by atoms with van der Waals surface area (Å²) >= 11 is 5.95. The molecule has 0 aliphatic rings. The highest BCUT2D eigenvalue weighted by atomic mass is 35.5. The van der Waals surface area contributed by atoms with Crippen molar-refractivity contribution in [3.8, 4) is 5.75 Å². The highest BCUT2D eigenvalue weighted by molar-refractivity contribution is 6.28. The molecular formula is C23H25ClF2N8O3. The summed E-state index contributed by atoms with van der Waals surface area (Å²) < 4.78 is 34.6. The molecule has 0 aliphatic heterocycles. The van der Waals surface area contributed by atoms with Gasteiger partial charge in [-0.15, -0.1) is 10.2 Å². The average molecular weight is 535 g/mol. The predicted octanol–water partition coefficient (Wildman–Crippen LogP) is 3.17. The van der Waals surface area contributed by atoms with E-state index >= 15 is 0 Å². The first-order valence-corrected chi connectivity index (χ1v) is 12.0. The summed E-state index contributed by atoms with van der Waals surface area (Å²) in [6.07, 6.45) is -1.03. The first kappa shape index (κ1) is 26.2. The van der Waals surface area contributed by atoms with E-state index < -0.39 is 17.4 Å². The number of H-pyrrole nitrogens is 1. The fourth-order valence-corrected chi connectivity index (χ4v) is 3.95. The summed E-state index contributed by atoms with van der Waals surface area (Å²) in [6, 6.07) is 6.32. The van der Waals surface area contributed by atoms with Crippen LogP contribution in [0.1, 0.15) is 37.6 Å². The molecule has 0 aliphatic carbocycles. The normalized spacial score (nSPS) is 11.8. The van der Waals surface area contributed by atoms with Crippen LogP contribution in [0.25, 0.3) is 11.2 Å². The highest BCUT2D eigenvalue weighted by Crippen LogP contribution is 2.27. The van der Waals surface area contributed by atoms with Crippen molar-refractivity contribution in [1.82, 2.24) is 39.3 Å². The van der Waals surface area contributed by atoms with Gasteiger partial charge in [-0.2, -0.15) is 18.6 Å². The van der Waals surface area contributed by atoms with Crippen LogP contribution in [0.4, 0.5) is 8.78 Å². The molecule has 0 radical (unpaired) electrons. The van der Waals surface area contributed by atoms with Crippen molar-refractivity contribution in [3.63, 3.8) is 0 Å². The molecule has 196 valence electrons. The predicted molar refractivity (Wildman–Crippen MR) is 132 cm³/mol. The number of hydrogen-bond acceptors (Lipinski definition) is 7. The number of para-hydroxylation sites is 1. The lowest BCUT2D eigenvalue weighted by Gasteiger charge is -2.16. The molecule has 0 bridgehead atoms. The van der Waals surface area contributed by atoms with Crippen LogP contribution in [0.15, 0.2) is 46.5 Å². The summed E-state index contributed by atoms with van der Waals surface area (Å²) in [5.41, 5.74) is -0.108. The first-order chi connectivity index (χ1) is 17.7. The molecule has 4 rings (SSSR count). The van der Waals surface area contributed by atoms with Gasteiger partial charge in [-0.05, 0) is 35.7 Å². The molecule has 0 saturated heterocycles. The van der Waals surface area contributed by atoms with Crippen molar-refractivity contribution in [2.45, 2.75) is 58.3 Å². The van der Waals surface area contributed by atoms with Crippen LogP contribution in [0.2, 0.25) is 5.28 Å². The molecule has 1 N–H and O–H groups in total. The molecule has 4 aromatic rings. The number of halogens is 3. The van der Waals surface area contributed by atoms with Gasteiger partial charge in [0.1, 0.15) is 5.75 Å². The van der Waals surface area contributed by atoms with E-state index in [-0.39, 0.29) is 41.7 Å². The molecule has 0 unspecified atom stereocenters. The van der Waals surface area contributed by atoms with Crippen molar-refractivity contribution >= 4 is 22.8 Å². The molecule has 0 fully saturated rings. The maximum absolute atomic E-state index is 13.6. The van der Waals surface area contributed by atoms with Crippen LogP contribution < -0.4 is 16.0 Å². The van der Waals surface area contributed by atoms with Gasteiger partial charge in [-0.3, -0.25) is 13.9 Å². The SMILES string of the molecule is C=CC(F)(F)Oc1ccccc1Cc1nnn(CCCn2c(=O)c3[nH]c(Cl)nc3n(CCCC)c2=O)n1. The minimum Gasteiger partial charge on any atom is -0.429 e. The lowest BCUT2D eigenvalue weighted by molar-refractivity contribution is -0.131. The molecule has 0 atom stereocenters. The van der Waals surface area contributed by atoms with E-state index in [2.05, 4.69) is 32.0 Å². The number of fused-ring (bicyclic) bond motifs is 1. The van der Waals surface area contributed by atoms with Gasteiger partial charge in [0.2, 0.25) is 5.28 Å². The van der Waals surface area contributed by atoms with Crippen LogP contribution >= 0.6 is 11.6 Å². The summed E-state index contributed by atoms with van der Waals surface area (Å²) in [7, 11) is 0. The van der Waals surface area contributed by atoms with Crippen LogP contribution in [0.5, 0.6) is 5.75 Å². The minimum absolute atomic E-state index is 0.0169. The van der Waals surface area contributed by atoms with Crippen LogP contribution in [-0.4, -0.2) is 45.4 Å². The molecule has 11 nitrogen and oxygen atoms in total. The van der Waals surface area contributed by atoms with Gasteiger partial charge in [0.25, 0.3) is 5.56 Å². The minimum atomic E-state index is -3.52. The van der Waals surface area contributed by atoms with Gasteiger partial charge in [0.15, 0.2) is 17.0 Å². The Kier molecular flexibility index (Phi) is 7.81. The van der Waals surface area contributed by atoms with Gasteiger partial charge < -0.3 is 9.72 Å². The molecule has 0 saturated carbocycles. The van der Waals surface area contributed by atoms with Crippen molar-refractivity contribution in [2.24, 2.45) is 0 Å². The van der Waals surface area contributed by atoms with Gasteiger partial charge >= 0.3 is 11.8 Å². The zero-order chi connectivity index (χ0) is 26.6. The van der Waals surface area contributed by atoms with E-state index in [0.717, 1.165) is 17.4 Å². The fourth-order valence-electron chi connectivity index (χ4n) is 3.77. The Balaban J connectivity index is 1.46. The van der Waals surface area contributed by atoms with Crippen LogP contribution in [0.3, 0.4) is 0 Å². The van der Waals surface area contributed by atoms with Gasteiger partial charge in [-0.1, -0.05) is 38.1 Å². The number of ether oxygens (including phenoxy) is 1. The fraction of sp³-hybridized carbons (Fsp3) is 0.391. The number of benzene rings is 1. The lowest BCUT2D eigenvalue weighted by atomic mass is 10.1. The zero-order valence-corrected chi connectivity index (χ0v) is 20.8. The number of rotatable bonds is 12. The Labute approximate surface area is 214 Å². The average Bonchev–Trinajstić information content (AvgIpc) is 3.48. The molecule has 1 aromatic carbocycles. The molecule has 0 amide bonds. The number of nitrogens with zero attached hydrogens (tertiary/aromatic N) is 7. The van der Waals surface area contributed by atoms with Crippen molar-refractivity contribution < 1.29 is 13.5 Å². The monoisotopic (exact) mass is 534 g/mol. The number of imidazole rings is 1. The number of alkyl halides is 2. The van der Waals surface area contributed by atoms with Crippen molar-refractivity contribution in [3.05, 3.63) is 74.4 Å². The summed E-state index contributed by atoms with van der Waals surface area (Å²) in [6.45, 7) is 5.86. The van der Waals surface area contributed by atoms with Crippen molar-refractivity contribution in [2.75, 3.05) is 0 Å². The van der Waals surface area contributed by atoms with E-state index in [1.165, 1.54) is 15.4 Å². The zero-order valence-electron chi connectivity index (χ0n) is 20.0. The van der Waals surface area contributed by atoms with Gasteiger partial charge in [0, 0.05) is 31.1 Å². The number of tetrazole rings is 1. The number of nitrogens with one attached hydrogen (secondary N) is 1. The number of aromatic nitrogens is 8. The van der Waals surface area contributed by atoms with E-state index in [1.54, 1.807) is 18.2 Å². The molecule has 14 heteroatoms. The summed E-state index contributed by atoms with van der Waals surface area (Å²) in [4.78, 5) is 34.1. The number of aryl methyl sites for hydroxylation is 2. The molecule has 3 aromatic heterocycles. The second-order valence-electron chi connectivity index (χ2n) is 8.28. The summed E-state index contributed by atoms with van der Waals surface area (Å²) in [5.74, 6) is 0.280. The second-order valence-corrected chi connectivity index (χ2v) is 8.64. The third-order valence-corrected chi connectivity index (χ3v) is 5.79. The Bertz CT molecular complexity index is 1520. The standard InChI is InChI=1S/C23H25ClF2N8O3/c1-3-5-11-32-19-18(27-21(24)28-19)20(35)33(22(32)36)12-8-13-34-30-17(29-31-34)14-15-9-6-7-10-16(15)37-23(25,26)4-2/h4,6-7,9-10H,2-3,5,8,11-14H2,1H3,(H,27,28). The highest BCUT2D eigenvalue weighted by Gasteiger charge is 2.27. The Morgan fingerprint density at radius 1 is 1.16 bits per heavy atom. The number of unbranched alkanes of at least 4 members (excludes halogenated alkanes) is 1. The topological polar surface area (TPSA) is 126 Å². The largest absolute Gasteiger partial charge is 0.429 e. The van der Waals surface area contributed by atoms with Crippen molar-refractivity contribution in [1.29, 1.82) is 0 Å². The van der Waals surface area contributed by atoms with E-state index in [4.69, 9.17) is 16.3 Å². The molecule has 0 spiro atoms. The van der Waals surface area contributed by atoms with Gasteiger partial charge in [-0.25, -0.2) is 4.79 Å². The summed E-state index contributed by atoms with van der Waals surface area (Å²) in [5, 5.41) is 12.3. The Morgan fingerprint density at radius 3 is 2.68 bits per heavy atom. The number of hydrogen-bond donors (Lipinski definition) is 1. The maximum atomic E-state index is 13.6. The number of aromatic amines is 1. The van der Waals surface area contributed by atoms with Gasteiger partial charge in [0.05, 0.1) is 6.54 Å². The van der Waals surface area contributed by atoms with E-state index in [0.29, 0.717) is 30.4 Å². The smallest absolute Gasteiger partial charge is 0.419 e.